The van der Waals surface area contributed by atoms with E-state index in [1.807, 2.05) is 0 Å². The highest BCUT2D eigenvalue weighted by Crippen LogP contribution is 2.28. The Hall–Kier alpha value is -1.73. The molecule has 108 valence electrons. The number of benzene rings is 1. The number of aromatic hydroxyl groups is 1. The summed E-state index contributed by atoms with van der Waals surface area (Å²) in [6, 6.07) is 5.91. The highest BCUT2D eigenvalue weighted by molar-refractivity contribution is 7.92. The molecule has 0 atom stereocenters. The molecule has 0 aliphatic rings. The van der Waals surface area contributed by atoms with Crippen LogP contribution in [0.15, 0.2) is 35.5 Å². The van der Waals surface area contributed by atoms with E-state index in [0.29, 0.717) is 5.69 Å². The number of hydrogen-bond donors (Lipinski definition) is 1. The molecule has 20 heavy (non-hydrogen) atoms. The van der Waals surface area contributed by atoms with E-state index in [-0.39, 0.29) is 22.3 Å². The number of aromatic nitrogens is 2. The van der Waals surface area contributed by atoms with Gasteiger partial charge in [-0.15, -0.1) is 0 Å². The van der Waals surface area contributed by atoms with Gasteiger partial charge in [0.2, 0.25) is 0 Å². The summed E-state index contributed by atoms with van der Waals surface area (Å²) in [5.41, 5.74) is 0.447. The maximum atomic E-state index is 12.7. The normalized spacial score (nSPS) is 11.6. The zero-order valence-electron chi connectivity index (χ0n) is 11.0. The van der Waals surface area contributed by atoms with Crippen molar-refractivity contribution in [1.29, 1.82) is 0 Å². The largest absolute Gasteiger partial charge is 0.508 e. The van der Waals surface area contributed by atoms with Crippen molar-refractivity contribution in [3.8, 4) is 5.75 Å². The Kier molecular flexibility index (Phi) is 3.92. The first-order valence-corrected chi connectivity index (χ1v) is 7.69. The van der Waals surface area contributed by atoms with Crippen LogP contribution < -0.4 is 4.31 Å². The van der Waals surface area contributed by atoms with Gasteiger partial charge in [0.25, 0.3) is 10.0 Å². The molecule has 1 heterocycles. The molecule has 0 bridgehead atoms. The van der Waals surface area contributed by atoms with E-state index >= 15 is 0 Å². The molecule has 2 rings (SSSR count). The standard InChI is InChI=1S/C12H14ClN3O3S/c1-3-16(9-4-6-10(17)7-5-9)20(18,19)12-11(13)8-14-15(12)2/h4-8,17H,3H2,1-2H3. The van der Waals surface area contributed by atoms with E-state index in [9.17, 15) is 13.5 Å². The number of phenols is 1. The predicted molar refractivity (Wildman–Crippen MR) is 76.5 cm³/mol. The fourth-order valence-electron chi connectivity index (χ4n) is 1.90. The molecular formula is C12H14ClN3O3S. The van der Waals surface area contributed by atoms with Gasteiger partial charge in [-0.05, 0) is 31.2 Å². The first kappa shape index (κ1) is 14.7. The van der Waals surface area contributed by atoms with Crippen molar-refractivity contribution in [1.82, 2.24) is 9.78 Å². The number of anilines is 1. The zero-order valence-corrected chi connectivity index (χ0v) is 12.6. The first-order valence-electron chi connectivity index (χ1n) is 5.87. The lowest BCUT2D eigenvalue weighted by atomic mass is 10.3. The van der Waals surface area contributed by atoms with Gasteiger partial charge < -0.3 is 5.11 Å². The second-order valence-electron chi connectivity index (χ2n) is 4.11. The third-order valence-electron chi connectivity index (χ3n) is 2.80. The highest BCUT2D eigenvalue weighted by Gasteiger charge is 2.29. The summed E-state index contributed by atoms with van der Waals surface area (Å²) in [6.45, 7) is 1.95. The molecule has 0 amide bonds. The lowest BCUT2D eigenvalue weighted by Gasteiger charge is -2.23. The molecule has 2 aromatic rings. The van der Waals surface area contributed by atoms with Crippen molar-refractivity contribution in [2.45, 2.75) is 11.9 Å². The molecule has 0 aliphatic carbocycles. The highest BCUT2D eigenvalue weighted by atomic mass is 35.5. The lowest BCUT2D eigenvalue weighted by Crippen LogP contribution is -2.32. The van der Waals surface area contributed by atoms with Gasteiger partial charge in [0.15, 0.2) is 5.03 Å². The van der Waals surface area contributed by atoms with Crippen molar-refractivity contribution in [3.05, 3.63) is 35.5 Å². The van der Waals surface area contributed by atoms with Crippen molar-refractivity contribution in [3.63, 3.8) is 0 Å². The van der Waals surface area contributed by atoms with Gasteiger partial charge in [-0.25, -0.2) is 0 Å². The summed E-state index contributed by atoms with van der Waals surface area (Å²) in [4.78, 5) is 0. The summed E-state index contributed by atoms with van der Waals surface area (Å²) in [7, 11) is -2.30. The average molecular weight is 316 g/mol. The minimum absolute atomic E-state index is 0.0610. The molecule has 0 fully saturated rings. The van der Waals surface area contributed by atoms with Gasteiger partial charge in [-0.3, -0.25) is 8.99 Å². The third kappa shape index (κ3) is 2.46. The second kappa shape index (κ2) is 5.34. The van der Waals surface area contributed by atoms with Gasteiger partial charge in [-0.1, -0.05) is 11.6 Å². The third-order valence-corrected chi connectivity index (χ3v) is 5.21. The van der Waals surface area contributed by atoms with Crippen molar-refractivity contribution in [2.24, 2.45) is 7.05 Å². The fourth-order valence-corrected chi connectivity index (χ4v) is 3.99. The van der Waals surface area contributed by atoms with Crippen molar-refractivity contribution in [2.75, 3.05) is 10.8 Å². The van der Waals surface area contributed by atoms with Crippen LogP contribution in [0.4, 0.5) is 5.69 Å². The molecule has 0 saturated carbocycles. The van der Waals surface area contributed by atoms with Crippen LogP contribution in [0.1, 0.15) is 6.92 Å². The number of nitrogens with zero attached hydrogens (tertiary/aromatic N) is 3. The Labute approximate surface area is 122 Å². The van der Waals surface area contributed by atoms with E-state index < -0.39 is 10.0 Å². The summed E-state index contributed by atoms with van der Waals surface area (Å²) in [6.07, 6.45) is 1.29. The van der Waals surface area contributed by atoms with Gasteiger partial charge >= 0.3 is 0 Å². The minimum Gasteiger partial charge on any atom is -0.508 e. The zero-order chi connectivity index (χ0) is 14.9. The summed E-state index contributed by atoms with van der Waals surface area (Å²) >= 11 is 5.91. The number of hydrogen-bond acceptors (Lipinski definition) is 4. The van der Waals surface area contributed by atoms with E-state index in [0.717, 1.165) is 0 Å². The van der Waals surface area contributed by atoms with Crippen LogP contribution in [0.25, 0.3) is 0 Å². The Morgan fingerprint density at radius 2 is 1.95 bits per heavy atom. The second-order valence-corrected chi connectivity index (χ2v) is 6.29. The minimum atomic E-state index is -3.81. The number of halogens is 1. The molecule has 0 spiro atoms. The van der Waals surface area contributed by atoms with Crippen LogP contribution in [0, 0.1) is 0 Å². The van der Waals surface area contributed by atoms with Crippen LogP contribution in [0.5, 0.6) is 5.75 Å². The van der Waals surface area contributed by atoms with Crippen LogP contribution in [-0.4, -0.2) is 29.8 Å². The monoisotopic (exact) mass is 315 g/mol. The molecule has 1 aromatic heterocycles. The molecule has 0 saturated heterocycles. The topological polar surface area (TPSA) is 75.4 Å². The molecule has 8 heteroatoms. The predicted octanol–water partition coefficient (Wildman–Crippen LogP) is 1.99. The van der Waals surface area contributed by atoms with Crippen LogP contribution >= 0.6 is 11.6 Å². The van der Waals surface area contributed by atoms with Crippen molar-refractivity contribution >= 4 is 27.3 Å². The van der Waals surface area contributed by atoms with E-state index in [1.54, 1.807) is 6.92 Å². The molecule has 6 nitrogen and oxygen atoms in total. The van der Waals surface area contributed by atoms with Crippen LogP contribution in [-0.2, 0) is 17.1 Å². The maximum Gasteiger partial charge on any atom is 0.283 e. The first-order chi connectivity index (χ1) is 9.37. The van der Waals surface area contributed by atoms with Gasteiger partial charge in [0, 0.05) is 13.6 Å². The fraction of sp³-hybridized carbons (Fsp3) is 0.250. The SMILES string of the molecule is CCN(c1ccc(O)cc1)S(=O)(=O)c1c(Cl)cnn1C. The summed E-state index contributed by atoms with van der Waals surface area (Å²) in [5.74, 6) is 0.0702. The molecule has 0 radical (unpaired) electrons. The average Bonchev–Trinajstić information content (AvgIpc) is 2.72. The molecule has 1 aromatic carbocycles. The number of rotatable bonds is 4. The Morgan fingerprint density at radius 3 is 2.40 bits per heavy atom. The Balaban J connectivity index is 2.53. The van der Waals surface area contributed by atoms with E-state index in [1.165, 1.54) is 46.5 Å². The quantitative estimate of drug-likeness (QED) is 0.936. The van der Waals surface area contributed by atoms with E-state index in [2.05, 4.69) is 5.10 Å². The Morgan fingerprint density at radius 1 is 1.35 bits per heavy atom. The van der Waals surface area contributed by atoms with Gasteiger partial charge in [0.05, 0.1) is 16.9 Å². The summed E-state index contributed by atoms with van der Waals surface area (Å²) < 4.78 is 27.8. The number of sulfonamides is 1. The maximum absolute atomic E-state index is 12.7. The number of phenolic OH excluding ortho intramolecular Hbond substituents is 1. The molecule has 1 N–H and O–H groups in total. The number of aryl methyl sites for hydroxylation is 1. The van der Waals surface area contributed by atoms with Crippen LogP contribution in [0.2, 0.25) is 5.02 Å². The molecular weight excluding hydrogens is 302 g/mol. The van der Waals surface area contributed by atoms with Gasteiger partial charge in [-0.2, -0.15) is 13.5 Å². The molecule has 0 aliphatic heterocycles. The smallest absolute Gasteiger partial charge is 0.283 e. The lowest BCUT2D eigenvalue weighted by molar-refractivity contribution is 0.475. The van der Waals surface area contributed by atoms with Crippen LogP contribution in [0.3, 0.4) is 0 Å². The van der Waals surface area contributed by atoms with E-state index in [4.69, 9.17) is 11.6 Å². The van der Waals surface area contributed by atoms with Gasteiger partial charge in [0.1, 0.15) is 5.75 Å². The molecule has 0 unspecified atom stereocenters. The Bertz CT molecular complexity index is 691. The summed E-state index contributed by atoms with van der Waals surface area (Å²) in [5, 5.41) is 13.1. The van der Waals surface area contributed by atoms with Crippen molar-refractivity contribution < 1.29 is 13.5 Å².